The fourth-order valence-corrected chi connectivity index (χ4v) is 1.48. The molecule has 0 radical (unpaired) electrons. The van der Waals surface area contributed by atoms with Crippen LogP contribution in [-0.2, 0) is 0 Å². The van der Waals surface area contributed by atoms with Gasteiger partial charge in [-0.25, -0.2) is 0 Å². The monoisotopic (exact) mass is 299 g/mol. The summed E-state index contributed by atoms with van der Waals surface area (Å²) in [5, 5.41) is 3.65. The van der Waals surface area contributed by atoms with Crippen LogP contribution in [0.15, 0.2) is 24.3 Å². The van der Waals surface area contributed by atoms with Crippen molar-refractivity contribution in [1.29, 1.82) is 0 Å². The molecule has 1 rings (SSSR count). The Morgan fingerprint density at radius 3 is 2.65 bits per heavy atom. The molecule has 0 fully saturated rings. The molecule has 0 saturated carbocycles. The Bertz CT molecular complexity index is 391. The van der Waals surface area contributed by atoms with Crippen molar-refractivity contribution in [2.75, 3.05) is 11.9 Å². The number of hydrogen-bond acceptors (Lipinski definition) is 2. The molecule has 1 aromatic rings. The van der Waals surface area contributed by atoms with Crippen molar-refractivity contribution in [1.82, 2.24) is 5.32 Å². The minimum absolute atomic E-state index is 0.112. The molecule has 0 bridgehead atoms. The van der Waals surface area contributed by atoms with Crippen molar-refractivity contribution >= 4 is 21.8 Å². The molecule has 0 aliphatic carbocycles. The summed E-state index contributed by atoms with van der Waals surface area (Å²) in [5.41, 5.74) is 0.291. The van der Waals surface area contributed by atoms with Gasteiger partial charge in [0.2, 0.25) is 0 Å². The Balaban J connectivity index is 2.88. The Morgan fingerprint density at radius 1 is 1.41 bits per heavy atom. The van der Waals surface area contributed by atoms with E-state index in [0.29, 0.717) is 23.2 Å². The number of halogens is 1. The van der Waals surface area contributed by atoms with E-state index >= 15 is 0 Å². The number of alkyl halides is 1. The predicted molar refractivity (Wildman–Crippen MR) is 73.0 cm³/mol. The molecule has 1 amide bonds. The predicted octanol–water partition coefficient (Wildman–Crippen LogP) is 2.99. The third-order valence-corrected chi connectivity index (χ3v) is 3.62. The van der Waals surface area contributed by atoms with Crippen LogP contribution in [0.25, 0.3) is 0 Å². The average molecular weight is 300 g/mol. The molecule has 0 heterocycles. The van der Waals surface area contributed by atoms with Crippen LogP contribution < -0.4 is 10.1 Å². The molecule has 0 unspecified atom stereocenters. The van der Waals surface area contributed by atoms with Gasteiger partial charge in [0.05, 0.1) is 12.2 Å². The fourth-order valence-electron chi connectivity index (χ4n) is 1.34. The number of hydrogen-bond donors (Lipinski definition) is 1. The molecule has 17 heavy (non-hydrogen) atoms. The van der Waals surface area contributed by atoms with Gasteiger partial charge in [-0.05, 0) is 32.9 Å². The summed E-state index contributed by atoms with van der Waals surface area (Å²) in [4.78, 5) is 12.1. The quantitative estimate of drug-likeness (QED) is 0.849. The maximum absolute atomic E-state index is 12.1. The van der Waals surface area contributed by atoms with E-state index in [1.807, 2.05) is 32.9 Å². The lowest BCUT2D eigenvalue weighted by Gasteiger charge is -2.24. The van der Waals surface area contributed by atoms with E-state index in [0.717, 1.165) is 0 Å². The summed E-state index contributed by atoms with van der Waals surface area (Å²) in [7, 11) is 0. The fraction of sp³-hybridized carbons (Fsp3) is 0.462. The van der Waals surface area contributed by atoms with E-state index in [1.165, 1.54) is 0 Å². The Morgan fingerprint density at radius 2 is 2.06 bits per heavy atom. The van der Waals surface area contributed by atoms with Crippen LogP contribution in [0.4, 0.5) is 0 Å². The summed E-state index contributed by atoms with van der Waals surface area (Å²) in [5.74, 6) is 0.511. The van der Waals surface area contributed by atoms with E-state index in [1.54, 1.807) is 12.1 Å². The van der Waals surface area contributed by atoms with Gasteiger partial charge in [0.1, 0.15) is 5.75 Å². The third kappa shape index (κ3) is 4.04. The highest BCUT2D eigenvalue weighted by Gasteiger charge is 2.21. The van der Waals surface area contributed by atoms with Gasteiger partial charge < -0.3 is 10.1 Å². The second kappa shape index (κ2) is 6.05. The Hall–Kier alpha value is -1.03. The standard InChI is InChI=1S/C13H18BrNO2/c1-4-17-11-8-6-5-7-10(11)12(16)15-13(2,3)9-14/h5-8H,4,9H2,1-3H3,(H,15,16). The number of para-hydroxylation sites is 1. The average Bonchev–Trinajstić information content (AvgIpc) is 2.29. The molecule has 0 atom stereocenters. The maximum Gasteiger partial charge on any atom is 0.255 e. The molecule has 3 nitrogen and oxygen atoms in total. The van der Waals surface area contributed by atoms with Crippen LogP contribution in [-0.4, -0.2) is 23.4 Å². The van der Waals surface area contributed by atoms with Gasteiger partial charge in [-0.1, -0.05) is 28.1 Å². The number of carbonyl (C=O) groups excluding carboxylic acids is 1. The number of carbonyl (C=O) groups is 1. The normalized spacial score (nSPS) is 11.1. The molecule has 1 aromatic carbocycles. The second-order valence-electron chi connectivity index (χ2n) is 4.40. The van der Waals surface area contributed by atoms with Crippen molar-refractivity contribution in [3.8, 4) is 5.75 Å². The lowest BCUT2D eigenvalue weighted by atomic mass is 10.1. The number of benzene rings is 1. The van der Waals surface area contributed by atoms with Crippen molar-refractivity contribution < 1.29 is 9.53 Å². The first kappa shape index (κ1) is 14.0. The number of ether oxygens (including phenoxy) is 1. The van der Waals surface area contributed by atoms with Gasteiger partial charge in [0.25, 0.3) is 5.91 Å². The van der Waals surface area contributed by atoms with Crippen LogP contribution in [0.1, 0.15) is 31.1 Å². The second-order valence-corrected chi connectivity index (χ2v) is 4.96. The van der Waals surface area contributed by atoms with Crippen LogP contribution in [0.2, 0.25) is 0 Å². The smallest absolute Gasteiger partial charge is 0.255 e. The van der Waals surface area contributed by atoms with E-state index in [-0.39, 0.29) is 11.4 Å². The molecule has 4 heteroatoms. The van der Waals surface area contributed by atoms with Crippen molar-refractivity contribution in [3.05, 3.63) is 29.8 Å². The molecule has 0 spiro atoms. The summed E-state index contributed by atoms with van der Waals surface area (Å²) >= 11 is 3.38. The van der Waals surface area contributed by atoms with E-state index in [2.05, 4.69) is 21.2 Å². The molecule has 0 aromatic heterocycles. The van der Waals surface area contributed by atoms with Crippen LogP contribution in [0, 0.1) is 0 Å². The lowest BCUT2D eigenvalue weighted by Crippen LogP contribution is -2.44. The molecule has 94 valence electrons. The minimum Gasteiger partial charge on any atom is -0.493 e. The molecule has 0 saturated heterocycles. The summed E-state index contributed by atoms with van der Waals surface area (Å²) in [6.45, 7) is 6.37. The molecule has 1 N–H and O–H groups in total. The van der Waals surface area contributed by atoms with Gasteiger partial charge in [-0.2, -0.15) is 0 Å². The highest BCUT2D eigenvalue weighted by Crippen LogP contribution is 2.19. The van der Waals surface area contributed by atoms with Crippen LogP contribution in [0.3, 0.4) is 0 Å². The van der Waals surface area contributed by atoms with E-state index in [9.17, 15) is 4.79 Å². The van der Waals surface area contributed by atoms with E-state index in [4.69, 9.17) is 4.74 Å². The van der Waals surface area contributed by atoms with E-state index < -0.39 is 0 Å². The van der Waals surface area contributed by atoms with Gasteiger partial charge in [-0.3, -0.25) is 4.79 Å². The zero-order chi connectivity index (χ0) is 12.9. The van der Waals surface area contributed by atoms with Gasteiger partial charge >= 0.3 is 0 Å². The van der Waals surface area contributed by atoms with Crippen molar-refractivity contribution in [2.45, 2.75) is 26.3 Å². The maximum atomic E-state index is 12.1. The lowest BCUT2D eigenvalue weighted by molar-refractivity contribution is 0.0917. The van der Waals surface area contributed by atoms with Gasteiger partial charge in [-0.15, -0.1) is 0 Å². The zero-order valence-corrected chi connectivity index (χ0v) is 12.0. The SMILES string of the molecule is CCOc1ccccc1C(=O)NC(C)(C)CBr. The van der Waals surface area contributed by atoms with Gasteiger partial charge in [0.15, 0.2) is 0 Å². The largest absolute Gasteiger partial charge is 0.493 e. The molecular formula is C13H18BrNO2. The highest BCUT2D eigenvalue weighted by atomic mass is 79.9. The first-order valence-electron chi connectivity index (χ1n) is 5.60. The van der Waals surface area contributed by atoms with Crippen LogP contribution in [0.5, 0.6) is 5.75 Å². The van der Waals surface area contributed by atoms with Crippen LogP contribution >= 0.6 is 15.9 Å². The summed E-state index contributed by atoms with van der Waals surface area (Å²) < 4.78 is 5.43. The zero-order valence-electron chi connectivity index (χ0n) is 10.4. The molecule has 0 aliphatic rings. The Kier molecular flexibility index (Phi) is 5.00. The third-order valence-electron chi connectivity index (χ3n) is 2.22. The molecular weight excluding hydrogens is 282 g/mol. The number of rotatable bonds is 5. The summed E-state index contributed by atoms with van der Waals surface area (Å²) in [6.07, 6.45) is 0. The molecule has 0 aliphatic heterocycles. The van der Waals surface area contributed by atoms with Gasteiger partial charge in [0, 0.05) is 10.9 Å². The van der Waals surface area contributed by atoms with Crippen molar-refractivity contribution in [2.24, 2.45) is 0 Å². The first-order valence-corrected chi connectivity index (χ1v) is 6.72. The Labute approximate surface area is 111 Å². The first-order chi connectivity index (χ1) is 8.00. The topological polar surface area (TPSA) is 38.3 Å². The summed E-state index contributed by atoms with van der Waals surface area (Å²) in [6, 6.07) is 7.26. The van der Waals surface area contributed by atoms with Crippen molar-refractivity contribution in [3.63, 3.8) is 0 Å². The minimum atomic E-state index is -0.281. The highest BCUT2D eigenvalue weighted by molar-refractivity contribution is 9.09. The number of amides is 1. The number of nitrogens with one attached hydrogen (secondary N) is 1.